The van der Waals surface area contributed by atoms with E-state index in [2.05, 4.69) is 10.4 Å². The summed E-state index contributed by atoms with van der Waals surface area (Å²) in [6.45, 7) is 3.61. The molecule has 1 amide bonds. The van der Waals surface area contributed by atoms with Crippen molar-refractivity contribution in [1.82, 2.24) is 24.7 Å². The Hall–Kier alpha value is -4.60. The van der Waals surface area contributed by atoms with Gasteiger partial charge in [0.05, 0.1) is 31.9 Å². The number of hydrogen-bond donors (Lipinski definition) is 1. The molecule has 5 rings (SSSR count). The Morgan fingerprint density at radius 2 is 1.65 bits per heavy atom. The van der Waals surface area contributed by atoms with Gasteiger partial charge in [0.1, 0.15) is 11.5 Å². The van der Waals surface area contributed by atoms with Crippen LogP contribution in [0.1, 0.15) is 61.9 Å². The maximum absolute atomic E-state index is 12.8. The van der Waals surface area contributed by atoms with Crippen LogP contribution in [0.15, 0.2) is 65.5 Å². The van der Waals surface area contributed by atoms with Crippen LogP contribution in [0, 0.1) is 0 Å². The zero-order valence-corrected chi connectivity index (χ0v) is 29.3. The summed E-state index contributed by atoms with van der Waals surface area (Å²) in [6, 6.07) is 12.9. The van der Waals surface area contributed by atoms with Gasteiger partial charge in [-0.1, -0.05) is 66.2 Å². The summed E-state index contributed by atoms with van der Waals surface area (Å²) in [6.07, 6.45) is -0.612. The van der Waals surface area contributed by atoms with Crippen molar-refractivity contribution in [3.05, 3.63) is 97.3 Å². The van der Waals surface area contributed by atoms with Crippen LogP contribution >= 0.6 is 34.8 Å². The van der Waals surface area contributed by atoms with Gasteiger partial charge in [0.25, 0.3) is 0 Å². The van der Waals surface area contributed by atoms with E-state index < -0.39 is 41.5 Å². The number of benzene rings is 3. The van der Waals surface area contributed by atoms with E-state index >= 15 is 0 Å². The predicted octanol–water partition coefficient (Wildman–Crippen LogP) is 8.14. The largest absolute Gasteiger partial charge is 0.479 e. The van der Waals surface area contributed by atoms with Crippen molar-refractivity contribution in [3.63, 3.8) is 0 Å². The van der Waals surface area contributed by atoms with Crippen molar-refractivity contribution in [3.8, 4) is 17.2 Å². The van der Waals surface area contributed by atoms with E-state index in [4.69, 9.17) is 49.4 Å². The fourth-order valence-electron chi connectivity index (χ4n) is 5.09. The van der Waals surface area contributed by atoms with Gasteiger partial charge in [-0.15, -0.1) is 4.68 Å². The average molecular weight is 773 g/mol. The number of para-hydroxylation sites is 1. The number of ether oxygens (including phenoxy) is 2. The maximum atomic E-state index is 12.8. The number of carboxylic acids is 1. The van der Waals surface area contributed by atoms with Crippen molar-refractivity contribution in [1.29, 1.82) is 0 Å². The quantitative estimate of drug-likeness (QED) is 0.139. The first kappa shape index (κ1) is 39.2. The molecule has 0 unspecified atom stereocenters. The normalized spacial score (nSPS) is 13.8. The van der Waals surface area contributed by atoms with Gasteiger partial charge >= 0.3 is 29.8 Å². The number of hydrogen-bond acceptors (Lipinski definition) is 8. The van der Waals surface area contributed by atoms with Crippen molar-refractivity contribution in [2.24, 2.45) is 0 Å². The van der Waals surface area contributed by atoms with Crippen LogP contribution in [0.5, 0.6) is 11.5 Å². The van der Waals surface area contributed by atoms with Crippen LogP contribution in [0.25, 0.3) is 5.69 Å². The van der Waals surface area contributed by atoms with Gasteiger partial charge in [-0.05, 0) is 85.6 Å². The molecule has 51 heavy (non-hydrogen) atoms. The maximum Gasteiger partial charge on any atom is 0.416 e. The van der Waals surface area contributed by atoms with Crippen LogP contribution in [0.4, 0.5) is 18.0 Å². The van der Waals surface area contributed by atoms with Crippen LogP contribution < -0.4 is 10.4 Å². The Kier molecular flexibility index (Phi) is 13.1. The summed E-state index contributed by atoms with van der Waals surface area (Å²) in [5, 5.41) is 16.4. The van der Waals surface area contributed by atoms with E-state index in [1.807, 2.05) is 6.92 Å². The molecule has 0 aliphatic heterocycles. The molecule has 1 heterocycles. The zero-order valence-electron chi connectivity index (χ0n) is 27.1. The lowest BCUT2D eigenvalue weighted by Crippen LogP contribution is -2.46. The molecule has 1 N–H and O–H groups in total. The molecule has 1 aliphatic carbocycles. The van der Waals surface area contributed by atoms with Crippen molar-refractivity contribution >= 4 is 52.8 Å². The number of nitrogens with zero attached hydrogens (tertiary/aromatic N) is 5. The second-order valence-corrected chi connectivity index (χ2v) is 12.4. The fraction of sp³-hybridized carbons (Fsp3) is 0.333. The van der Waals surface area contributed by atoms with Crippen molar-refractivity contribution in [2.45, 2.75) is 64.3 Å². The molecule has 12 nitrogen and oxygen atoms in total. The molecule has 0 bridgehead atoms. The first-order valence-electron chi connectivity index (χ1n) is 15.5. The number of aromatic nitrogens is 4. The lowest BCUT2D eigenvalue weighted by atomic mass is 9.94. The minimum absolute atomic E-state index is 0.0246. The highest BCUT2D eigenvalue weighted by molar-refractivity contribution is 6.34. The molecule has 272 valence electrons. The number of amides is 1. The Bertz CT molecular complexity index is 1950. The monoisotopic (exact) mass is 771 g/mol. The Morgan fingerprint density at radius 1 is 0.961 bits per heavy atom. The molecule has 4 aromatic rings. The highest BCUT2D eigenvalue weighted by atomic mass is 35.5. The van der Waals surface area contributed by atoms with Crippen LogP contribution in [0.2, 0.25) is 15.1 Å². The smallest absolute Gasteiger partial charge is 0.416 e. The third-order valence-corrected chi connectivity index (χ3v) is 8.67. The van der Waals surface area contributed by atoms with E-state index in [9.17, 15) is 32.3 Å². The summed E-state index contributed by atoms with van der Waals surface area (Å²) in [4.78, 5) is 49.8. The van der Waals surface area contributed by atoms with Gasteiger partial charge < -0.3 is 19.5 Å². The van der Waals surface area contributed by atoms with E-state index in [1.165, 1.54) is 18.6 Å². The number of tetrazole rings is 1. The molecule has 1 atom stereocenters. The third-order valence-electron chi connectivity index (χ3n) is 7.72. The summed E-state index contributed by atoms with van der Waals surface area (Å²) in [7, 11) is 0. The molecule has 0 saturated heterocycles. The molecule has 1 saturated carbocycles. The number of alkyl halides is 3. The Morgan fingerprint density at radius 3 is 2.25 bits per heavy atom. The molecule has 1 fully saturated rings. The predicted molar refractivity (Wildman–Crippen MR) is 181 cm³/mol. The second-order valence-electron chi connectivity index (χ2n) is 11.2. The van der Waals surface area contributed by atoms with Crippen LogP contribution in [-0.4, -0.2) is 66.5 Å². The first-order chi connectivity index (χ1) is 24.1. The topological polar surface area (TPSA) is 146 Å². The van der Waals surface area contributed by atoms with E-state index in [-0.39, 0.29) is 33.1 Å². The number of halogens is 6. The number of carbonyl (C=O) groups excluding carboxylic acids is 2. The number of carbonyl (C=O) groups is 3. The summed E-state index contributed by atoms with van der Waals surface area (Å²) < 4.78 is 50.0. The number of aliphatic carboxylic acids is 1. The number of rotatable bonds is 8. The second kappa shape index (κ2) is 17.1. The summed E-state index contributed by atoms with van der Waals surface area (Å²) in [5.41, 5.74) is -1.32. The van der Waals surface area contributed by atoms with Gasteiger partial charge in [-0.2, -0.15) is 17.9 Å². The summed E-state index contributed by atoms with van der Waals surface area (Å²) in [5.74, 6) is -2.39. The molecule has 18 heteroatoms. The Labute approximate surface area is 304 Å². The van der Waals surface area contributed by atoms with E-state index in [0.717, 1.165) is 60.2 Å². The SMILES string of the molecule is CCN(C(=O)n1nnn(-c2ccccc2Cl)c1=O)C1CCCCC1.C[C@H](OC(=O)c1cc(Oc2ccc(C(F)(F)F)cc2Cl)ccc1Cl)C(=O)O. The molecular formula is C33H31Cl3F3N5O7. The van der Waals surface area contributed by atoms with Crippen LogP contribution in [0.3, 0.4) is 0 Å². The van der Waals surface area contributed by atoms with Gasteiger partial charge in [-0.3, -0.25) is 0 Å². The highest BCUT2D eigenvalue weighted by Gasteiger charge is 2.31. The van der Waals surface area contributed by atoms with Gasteiger partial charge in [0, 0.05) is 12.6 Å². The van der Waals surface area contributed by atoms with Crippen LogP contribution in [-0.2, 0) is 15.7 Å². The zero-order chi connectivity index (χ0) is 37.5. The van der Waals surface area contributed by atoms with Gasteiger partial charge in [0.15, 0.2) is 6.10 Å². The molecule has 1 aliphatic rings. The molecular weight excluding hydrogens is 742 g/mol. The molecule has 1 aromatic heterocycles. The standard InChI is InChI=1S/C17H11Cl2F3O5.C16H20ClN5O2/c1-8(15(23)24)26-16(25)11-7-10(3-4-12(11)18)27-14-5-2-9(6-13(14)19)17(20,21)22;1-2-20(12-8-4-3-5-9-12)15(23)22-16(24)21(18-19-22)14-11-7-6-10-13(14)17/h2-8H,1H3,(H,23,24);6-7,10-12H,2-5,8-9H2,1H3/t8-;/m0./s1. The fourth-order valence-corrected chi connectivity index (χ4v) is 5.72. The Balaban J connectivity index is 0.000000230. The number of esters is 1. The first-order valence-corrected chi connectivity index (χ1v) is 16.6. The lowest BCUT2D eigenvalue weighted by molar-refractivity contribution is -0.146. The third kappa shape index (κ3) is 9.80. The van der Waals surface area contributed by atoms with E-state index in [1.54, 1.807) is 29.2 Å². The summed E-state index contributed by atoms with van der Waals surface area (Å²) >= 11 is 17.8. The highest BCUT2D eigenvalue weighted by Crippen LogP contribution is 2.37. The minimum atomic E-state index is -4.56. The average Bonchev–Trinajstić information content (AvgIpc) is 3.47. The lowest BCUT2D eigenvalue weighted by Gasteiger charge is -2.32. The minimum Gasteiger partial charge on any atom is -0.479 e. The molecule has 3 aromatic carbocycles. The van der Waals surface area contributed by atoms with Gasteiger partial charge in [-0.25, -0.2) is 19.2 Å². The number of carboxylic acid groups (broad SMARTS) is 1. The molecule has 0 radical (unpaired) electrons. The van der Waals surface area contributed by atoms with E-state index in [0.29, 0.717) is 23.3 Å². The van der Waals surface area contributed by atoms with Crippen molar-refractivity contribution < 1.29 is 42.1 Å². The van der Waals surface area contributed by atoms with Gasteiger partial charge in [0.2, 0.25) is 0 Å². The molecule has 0 spiro atoms. The van der Waals surface area contributed by atoms with Crippen molar-refractivity contribution in [2.75, 3.05) is 6.54 Å².